The molecule has 1 spiro atoms. The van der Waals surface area contributed by atoms with Crippen molar-refractivity contribution in [2.45, 2.75) is 75.5 Å². The van der Waals surface area contributed by atoms with E-state index in [1.165, 1.54) is 0 Å². The molecule has 1 atom stereocenters. The van der Waals surface area contributed by atoms with Crippen LogP contribution in [0.2, 0.25) is 0 Å². The van der Waals surface area contributed by atoms with Crippen LogP contribution >= 0.6 is 0 Å². The van der Waals surface area contributed by atoms with Gasteiger partial charge in [0.2, 0.25) is 11.8 Å². The monoisotopic (exact) mass is 400 g/mol. The number of amides is 2. The highest BCUT2D eigenvalue weighted by Gasteiger charge is 2.53. The summed E-state index contributed by atoms with van der Waals surface area (Å²) in [4.78, 5) is 30.8. The molecule has 1 aromatic rings. The molecule has 4 rings (SSSR count). The van der Waals surface area contributed by atoms with Crippen molar-refractivity contribution in [2.24, 2.45) is 0 Å². The van der Waals surface area contributed by atoms with Crippen LogP contribution in [0, 0.1) is 0 Å². The van der Waals surface area contributed by atoms with E-state index in [1.54, 1.807) is 7.11 Å². The highest BCUT2D eigenvalue weighted by Crippen LogP contribution is 2.40. The van der Waals surface area contributed by atoms with Gasteiger partial charge in [0.25, 0.3) is 0 Å². The molecule has 6 heteroatoms. The summed E-state index contributed by atoms with van der Waals surface area (Å²) >= 11 is 0. The minimum atomic E-state index is -0.662. The molecule has 158 valence electrons. The van der Waals surface area contributed by atoms with Gasteiger partial charge in [-0.25, -0.2) is 0 Å². The van der Waals surface area contributed by atoms with Gasteiger partial charge in [-0.3, -0.25) is 9.59 Å². The van der Waals surface area contributed by atoms with Crippen LogP contribution in [0.5, 0.6) is 5.75 Å². The third kappa shape index (κ3) is 3.87. The average molecular weight is 401 g/mol. The first-order valence-corrected chi connectivity index (χ1v) is 11.0. The molecule has 1 unspecified atom stereocenters. The van der Waals surface area contributed by atoms with Crippen molar-refractivity contribution in [3.05, 3.63) is 29.8 Å². The van der Waals surface area contributed by atoms with E-state index in [0.717, 1.165) is 69.2 Å². The van der Waals surface area contributed by atoms with E-state index in [2.05, 4.69) is 0 Å². The molecule has 6 nitrogen and oxygen atoms in total. The number of methoxy groups -OCH3 is 1. The Kier molecular flexibility index (Phi) is 5.81. The van der Waals surface area contributed by atoms with Crippen molar-refractivity contribution in [3.63, 3.8) is 0 Å². The molecule has 3 fully saturated rings. The fourth-order valence-corrected chi connectivity index (χ4v) is 5.51. The van der Waals surface area contributed by atoms with Crippen LogP contribution in [-0.4, -0.2) is 64.6 Å². The Hall–Kier alpha value is -2.08. The molecule has 3 aliphatic rings. The van der Waals surface area contributed by atoms with Crippen LogP contribution in [0.25, 0.3) is 0 Å². The second kappa shape index (κ2) is 8.34. The summed E-state index contributed by atoms with van der Waals surface area (Å²) in [7, 11) is 1.62. The summed E-state index contributed by atoms with van der Waals surface area (Å²) in [6.45, 7) is 1.44. The number of hydrogen-bond acceptors (Lipinski definition) is 4. The quantitative estimate of drug-likeness (QED) is 0.843. The lowest BCUT2D eigenvalue weighted by atomic mass is 9.82. The number of piperidine rings is 1. The highest BCUT2D eigenvalue weighted by molar-refractivity contribution is 5.93. The first-order chi connectivity index (χ1) is 14.0. The fraction of sp³-hybridized carbons (Fsp3) is 0.652. The lowest BCUT2D eigenvalue weighted by Crippen LogP contribution is -2.63. The maximum absolute atomic E-state index is 13.6. The second-order valence-corrected chi connectivity index (χ2v) is 8.77. The molecule has 2 heterocycles. The second-order valence-electron chi connectivity index (χ2n) is 8.77. The minimum Gasteiger partial charge on any atom is -0.497 e. The smallest absolute Gasteiger partial charge is 0.248 e. The van der Waals surface area contributed by atoms with Gasteiger partial charge >= 0.3 is 0 Å². The zero-order valence-corrected chi connectivity index (χ0v) is 17.3. The number of likely N-dealkylation sites (tertiary alicyclic amines) is 2. The minimum absolute atomic E-state index is 0.0324. The zero-order valence-electron chi connectivity index (χ0n) is 17.3. The Labute approximate surface area is 172 Å². The Bertz CT molecular complexity index is 759. The number of nitrogens with zero attached hydrogens (tertiary/aromatic N) is 2. The molecule has 1 N–H and O–H groups in total. The van der Waals surface area contributed by atoms with Gasteiger partial charge in [0.1, 0.15) is 11.3 Å². The van der Waals surface area contributed by atoms with E-state index in [9.17, 15) is 14.7 Å². The molecule has 2 amide bonds. The van der Waals surface area contributed by atoms with Crippen molar-refractivity contribution in [3.8, 4) is 5.75 Å². The summed E-state index contributed by atoms with van der Waals surface area (Å²) in [6.07, 6.45) is 6.67. The van der Waals surface area contributed by atoms with Gasteiger partial charge in [0, 0.05) is 19.1 Å². The molecule has 0 radical (unpaired) electrons. The third-order valence-corrected chi connectivity index (χ3v) is 7.03. The van der Waals surface area contributed by atoms with Crippen LogP contribution in [0.3, 0.4) is 0 Å². The molecule has 0 bridgehead atoms. The van der Waals surface area contributed by atoms with Gasteiger partial charge < -0.3 is 19.6 Å². The molecule has 2 saturated heterocycles. The number of ether oxygens (including phenoxy) is 1. The number of carbonyl (C=O) groups excluding carboxylic acids is 2. The summed E-state index contributed by atoms with van der Waals surface area (Å²) in [6, 6.07) is 7.80. The maximum Gasteiger partial charge on any atom is 0.248 e. The average Bonchev–Trinajstić information content (AvgIpc) is 3.16. The number of aliphatic hydroxyl groups is 1. The number of aliphatic hydroxyl groups excluding tert-OH is 1. The lowest BCUT2D eigenvalue weighted by Gasteiger charge is -2.48. The van der Waals surface area contributed by atoms with Crippen LogP contribution < -0.4 is 4.74 Å². The summed E-state index contributed by atoms with van der Waals surface area (Å²) in [5.41, 5.74) is 0.252. The van der Waals surface area contributed by atoms with Gasteiger partial charge in [0.15, 0.2) is 0 Å². The maximum atomic E-state index is 13.6. The third-order valence-electron chi connectivity index (χ3n) is 7.03. The molecule has 29 heavy (non-hydrogen) atoms. The molecule has 1 aliphatic carbocycles. The van der Waals surface area contributed by atoms with Crippen molar-refractivity contribution < 1.29 is 19.4 Å². The van der Waals surface area contributed by atoms with Crippen molar-refractivity contribution in [1.29, 1.82) is 0 Å². The fourth-order valence-electron chi connectivity index (χ4n) is 5.51. The van der Waals surface area contributed by atoms with E-state index < -0.39 is 5.54 Å². The summed E-state index contributed by atoms with van der Waals surface area (Å²) in [5.74, 6) is 0.914. The Morgan fingerprint density at radius 3 is 2.62 bits per heavy atom. The van der Waals surface area contributed by atoms with E-state index in [1.807, 2.05) is 34.1 Å². The van der Waals surface area contributed by atoms with Crippen LogP contribution in [0.1, 0.15) is 56.9 Å². The molecule has 1 aromatic carbocycles. The Morgan fingerprint density at radius 1 is 1.17 bits per heavy atom. The van der Waals surface area contributed by atoms with Crippen molar-refractivity contribution >= 4 is 11.8 Å². The number of carbonyl (C=O) groups is 2. The molecule has 0 aromatic heterocycles. The van der Waals surface area contributed by atoms with E-state index >= 15 is 0 Å². The van der Waals surface area contributed by atoms with Crippen LogP contribution in [-0.2, 0) is 16.0 Å². The van der Waals surface area contributed by atoms with Gasteiger partial charge in [0.05, 0.1) is 19.6 Å². The predicted octanol–water partition coefficient (Wildman–Crippen LogP) is 2.52. The zero-order chi connectivity index (χ0) is 20.4. The predicted molar refractivity (Wildman–Crippen MR) is 110 cm³/mol. The number of benzene rings is 1. The first kappa shape index (κ1) is 20.2. The van der Waals surface area contributed by atoms with E-state index in [-0.39, 0.29) is 24.0 Å². The molecular weight excluding hydrogens is 368 g/mol. The van der Waals surface area contributed by atoms with Crippen molar-refractivity contribution in [2.75, 3.05) is 20.2 Å². The summed E-state index contributed by atoms with van der Waals surface area (Å²) in [5, 5.41) is 9.82. The number of hydrogen-bond donors (Lipinski definition) is 1. The van der Waals surface area contributed by atoms with E-state index in [0.29, 0.717) is 13.0 Å². The SMILES string of the molecule is COc1cccc(CC(=O)N2CCCC23CCCN(C2CCC(O)CC2)C3=O)c1. The molecular formula is C23H32N2O4. The summed E-state index contributed by atoms with van der Waals surface area (Å²) < 4.78 is 5.27. The van der Waals surface area contributed by atoms with Crippen LogP contribution in [0.4, 0.5) is 0 Å². The van der Waals surface area contributed by atoms with Gasteiger partial charge in [-0.1, -0.05) is 12.1 Å². The topological polar surface area (TPSA) is 70.1 Å². The van der Waals surface area contributed by atoms with Crippen molar-refractivity contribution in [1.82, 2.24) is 9.80 Å². The standard InChI is InChI=1S/C23H32N2O4/c1-29-20-6-2-5-17(15-20)16-21(27)25-14-4-12-23(25)11-3-13-24(22(23)28)18-7-9-19(26)10-8-18/h2,5-6,15,18-19,26H,3-4,7-14,16H2,1H3. The molecule has 2 aliphatic heterocycles. The highest BCUT2D eigenvalue weighted by atomic mass is 16.5. The Morgan fingerprint density at radius 2 is 1.90 bits per heavy atom. The van der Waals surface area contributed by atoms with Crippen LogP contribution in [0.15, 0.2) is 24.3 Å². The molecule has 1 saturated carbocycles. The normalized spacial score (nSPS) is 30.1. The van der Waals surface area contributed by atoms with Gasteiger partial charge in [-0.05, 0) is 69.1 Å². The number of rotatable bonds is 4. The van der Waals surface area contributed by atoms with Gasteiger partial charge in [-0.2, -0.15) is 0 Å². The lowest BCUT2D eigenvalue weighted by molar-refractivity contribution is -0.158. The van der Waals surface area contributed by atoms with E-state index in [4.69, 9.17) is 4.74 Å². The van der Waals surface area contributed by atoms with Gasteiger partial charge in [-0.15, -0.1) is 0 Å². The first-order valence-electron chi connectivity index (χ1n) is 11.0. The largest absolute Gasteiger partial charge is 0.497 e. The Balaban J connectivity index is 1.50.